The molecule has 34 heavy (non-hydrogen) atoms. The molecule has 176 valence electrons. The molecule has 2 N–H and O–H groups in total. The number of carbonyl (C=O) groups is 1. The fourth-order valence-corrected chi connectivity index (χ4v) is 4.59. The lowest BCUT2D eigenvalue weighted by Gasteiger charge is -2.31. The number of carbonyl (C=O) groups excluding carboxylic acids is 1. The smallest absolute Gasteiger partial charge is 0.232 e. The molecular formula is C25H30N8O. The van der Waals surface area contributed by atoms with E-state index in [0.717, 1.165) is 55.4 Å². The summed E-state index contributed by atoms with van der Waals surface area (Å²) in [6.07, 6.45) is 6.21. The van der Waals surface area contributed by atoms with Gasteiger partial charge in [-0.05, 0) is 55.5 Å². The maximum atomic E-state index is 11.5. The van der Waals surface area contributed by atoms with Gasteiger partial charge in [-0.3, -0.25) is 4.79 Å². The first-order valence-electron chi connectivity index (χ1n) is 11.9. The van der Waals surface area contributed by atoms with E-state index in [0.29, 0.717) is 11.9 Å². The van der Waals surface area contributed by atoms with Crippen molar-refractivity contribution in [1.82, 2.24) is 19.9 Å². The minimum Gasteiger partial charge on any atom is -0.357 e. The molecule has 9 heteroatoms. The molecule has 2 aliphatic heterocycles. The first-order valence-corrected chi connectivity index (χ1v) is 11.9. The Hall–Kier alpha value is -3.75. The van der Waals surface area contributed by atoms with Crippen molar-refractivity contribution in [3.63, 3.8) is 0 Å². The number of benzene rings is 1. The highest BCUT2D eigenvalue weighted by Gasteiger charge is 2.22. The summed E-state index contributed by atoms with van der Waals surface area (Å²) in [6.45, 7) is 7.19. The van der Waals surface area contributed by atoms with Crippen molar-refractivity contribution in [3.8, 4) is 0 Å². The number of fused-ring (bicyclic) bond motifs is 1. The number of rotatable bonds is 5. The lowest BCUT2D eigenvalue weighted by Crippen LogP contribution is -2.34. The van der Waals surface area contributed by atoms with Crippen LogP contribution in [-0.4, -0.2) is 45.5 Å². The minimum absolute atomic E-state index is 0.106. The first kappa shape index (κ1) is 22.1. The third kappa shape index (κ3) is 4.78. The second-order valence-corrected chi connectivity index (χ2v) is 8.89. The highest BCUT2D eigenvalue weighted by Crippen LogP contribution is 2.27. The number of pyridine rings is 1. The molecule has 2 aliphatic rings. The van der Waals surface area contributed by atoms with E-state index in [1.165, 1.54) is 43.8 Å². The molecule has 5 rings (SSSR count). The van der Waals surface area contributed by atoms with E-state index in [1.807, 2.05) is 25.1 Å². The fourth-order valence-electron chi connectivity index (χ4n) is 4.59. The summed E-state index contributed by atoms with van der Waals surface area (Å²) in [7, 11) is 0. The van der Waals surface area contributed by atoms with Gasteiger partial charge in [0.05, 0.1) is 0 Å². The van der Waals surface area contributed by atoms with E-state index in [2.05, 4.69) is 47.5 Å². The van der Waals surface area contributed by atoms with Crippen molar-refractivity contribution in [1.29, 1.82) is 0 Å². The standard InChI is InChI=1S/C25H30N8O/c1-17-20(28-18(2)34)7-6-8-21(17)30-24-26-16-27-25(31-24)33-14-11-22-19(15-33)9-10-23(29-22)32-12-4-3-5-13-32/h6-10,16H,3-5,11-15H2,1-2H3,(H,28,34)(H,26,27,30,31). The van der Waals surface area contributed by atoms with Crippen LogP contribution in [0.1, 0.15) is 43.0 Å². The van der Waals surface area contributed by atoms with Crippen LogP contribution in [0.4, 0.5) is 29.1 Å². The van der Waals surface area contributed by atoms with Crippen LogP contribution in [0.25, 0.3) is 0 Å². The second-order valence-electron chi connectivity index (χ2n) is 8.89. The molecule has 1 saturated heterocycles. The molecule has 0 spiro atoms. The number of nitrogens with zero attached hydrogens (tertiary/aromatic N) is 6. The fraction of sp³-hybridized carbons (Fsp3) is 0.400. The lowest BCUT2D eigenvalue weighted by molar-refractivity contribution is -0.114. The van der Waals surface area contributed by atoms with Gasteiger partial charge in [0.25, 0.3) is 0 Å². The number of hydrogen-bond donors (Lipinski definition) is 2. The highest BCUT2D eigenvalue weighted by molar-refractivity contribution is 5.90. The topological polar surface area (TPSA) is 99.2 Å². The molecular weight excluding hydrogens is 428 g/mol. The van der Waals surface area contributed by atoms with E-state index in [1.54, 1.807) is 0 Å². The number of piperidine rings is 1. The summed E-state index contributed by atoms with van der Waals surface area (Å²) in [5.41, 5.74) is 4.91. The van der Waals surface area contributed by atoms with Crippen molar-refractivity contribution < 1.29 is 4.79 Å². The Morgan fingerprint density at radius 2 is 1.76 bits per heavy atom. The molecule has 0 bridgehead atoms. The Morgan fingerprint density at radius 1 is 0.941 bits per heavy atom. The van der Waals surface area contributed by atoms with E-state index < -0.39 is 0 Å². The van der Waals surface area contributed by atoms with E-state index >= 15 is 0 Å². The first-order chi connectivity index (χ1) is 16.6. The Labute approximate surface area is 199 Å². The Balaban J connectivity index is 1.30. The maximum Gasteiger partial charge on any atom is 0.232 e. The number of nitrogens with one attached hydrogen (secondary N) is 2. The number of hydrogen-bond acceptors (Lipinski definition) is 8. The number of amides is 1. The van der Waals surface area contributed by atoms with Crippen molar-refractivity contribution in [3.05, 3.63) is 53.5 Å². The summed E-state index contributed by atoms with van der Waals surface area (Å²) in [4.78, 5) is 34.4. The van der Waals surface area contributed by atoms with Crippen molar-refractivity contribution in [2.24, 2.45) is 0 Å². The molecule has 9 nitrogen and oxygen atoms in total. The SMILES string of the molecule is CC(=O)Nc1cccc(Nc2ncnc(N3CCc4nc(N5CCCCC5)ccc4C3)n2)c1C. The summed E-state index contributed by atoms with van der Waals surface area (Å²) >= 11 is 0. The summed E-state index contributed by atoms with van der Waals surface area (Å²) < 4.78 is 0. The third-order valence-electron chi connectivity index (χ3n) is 6.45. The summed E-state index contributed by atoms with van der Waals surface area (Å²) in [5, 5.41) is 6.12. The van der Waals surface area contributed by atoms with Gasteiger partial charge in [0.15, 0.2) is 0 Å². The molecule has 0 saturated carbocycles. The Bertz CT molecular complexity index is 1190. The minimum atomic E-state index is -0.106. The zero-order valence-corrected chi connectivity index (χ0v) is 19.7. The average Bonchev–Trinajstić information content (AvgIpc) is 2.86. The zero-order valence-electron chi connectivity index (χ0n) is 19.7. The monoisotopic (exact) mass is 458 g/mol. The van der Waals surface area contributed by atoms with Gasteiger partial charge in [0.2, 0.25) is 17.8 Å². The van der Waals surface area contributed by atoms with Crippen LogP contribution in [0.3, 0.4) is 0 Å². The zero-order chi connectivity index (χ0) is 23.5. The molecule has 0 unspecified atom stereocenters. The summed E-state index contributed by atoms with van der Waals surface area (Å²) in [5.74, 6) is 2.11. The lowest BCUT2D eigenvalue weighted by atomic mass is 10.1. The molecule has 1 fully saturated rings. The highest BCUT2D eigenvalue weighted by atomic mass is 16.1. The predicted molar refractivity (Wildman–Crippen MR) is 134 cm³/mol. The third-order valence-corrected chi connectivity index (χ3v) is 6.45. The molecule has 3 aromatic rings. The molecule has 0 radical (unpaired) electrons. The second kappa shape index (κ2) is 9.62. The normalized spacial score (nSPS) is 15.6. The quantitative estimate of drug-likeness (QED) is 0.595. The van der Waals surface area contributed by atoms with Crippen LogP contribution in [0.15, 0.2) is 36.7 Å². The van der Waals surface area contributed by atoms with E-state index in [-0.39, 0.29) is 5.91 Å². The average molecular weight is 459 g/mol. The molecule has 1 amide bonds. The largest absolute Gasteiger partial charge is 0.357 e. The summed E-state index contributed by atoms with van der Waals surface area (Å²) in [6, 6.07) is 10.0. The predicted octanol–water partition coefficient (Wildman–Crippen LogP) is 3.83. The van der Waals surface area contributed by atoms with Crippen LogP contribution in [0, 0.1) is 6.92 Å². The van der Waals surface area contributed by atoms with Crippen molar-refractivity contribution in [2.75, 3.05) is 40.1 Å². The molecule has 1 aromatic carbocycles. The van der Waals surface area contributed by atoms with Gasteiger partial charge in [0.1, 0.15) is 12.1 Å². The maximum absolute atomic E-state index is 11.5. The number of aromatic nitrogens is 4. The van der Waals surface area contributed by atoms with Crippen LogP contribution in [0.5, 0.6) is 0 Å². The Kier molecular flexibility index (Phi) is 6.24. The van der Waals surface area contributed by atoms with Gasteiger partial charge in [-0.15, -0.1) is 0 Å². The molecule has 2 aromatic heterocycles. The Morgan fingerprint density at radius 3 is 2.59 bits per heavy atom. The molecule has 0 atom stereocenters. The van der Waals surface area contributed by atoms with Gasteiger partial charge in [-0.2, -0.15) is 4.98 Å². The van der Waals surface area contributed by atoms with Gasteiger partial charge in [-0.25, -0.2) is 15.0 Å². The van der Waals surface area contributed by atoms with Crippen molar-refractivity contribution in [2.45, 2.75) is 46.1 Å². The van der Waals surface area contributed by atoms with Gasteiger partial charge in [-0.1, -0.05) is 12.1 Å². The van der Waals surface area contributed by atoms with Gasteiger partial charge in [0, 0.05) is 56.6 Å². The molecule has 4 heterocycles. The number of anilines is 5. The van der Waals surface area contributed by atoms with E-state index in [4.69, 9.17) is 4.98 Å². The van der Waals surface area contributed by atoms with Crippen LogP contribution >= 0.6 is 0 Å². The molecule has 0 aliphatic carbocycles. The van der Waals surface area contributed by atoms with Crippen LogP contribution in [0.2, 0.25) is 0 Å². The van der Waals surface area contributed by atoms with E-state index in [9.17, 15) is 4.79 Å². The van der Waals surface area contributed by atoms with Crippen LogP contribution in [-0.2, 0) is 17.8 Å². The van der Waals surface area contributed by atoms with Gasteiger partial charge >= 0.3 is 0 Å². The van der Waals surface area contributed by atoms with Gasteiger partial charge < -0.3 is 20.4 Å². The van der Waals surface area contributed by atoms with Crippen molar-refractivity contribution >= 4 is 35.0 Å². The van der Waals surface area contributed by atoms with Crippen LogP contribution < -0.4 is 20.4 Å².